The van der Waals surface area contributed by atoms with Crippen molar-refractivity contribution >= 4 is 49.1 Å². The molecule has 12 heavy (non-hydrogen) atoms. The molecule has 0 radical (unpaired) electrons. The second-order valence-electron chi connectivity index (χ2n) is 1.87. The minimum Gasteiger partial charge on any atom is -0.365 e. The van der Waals surface area contributed by atoms with Gasteiger partial charge in [0.15, 0.2) is 0 Å². The molecule has 0 aliphatic rings. The maximum atomic E-state index is 10.8. The molecule has 0 spiro atoms. The number of nitrogens with zero attached hydrogens (tertiary/aromatic N) is 1. The Bertz CT molecular complexity index is 380. The monoisotopic (exact) mass is 308 g/mol. The Morgan fingerprint density at radius 3 is 2.42 bits per heavy atom. The number of carbonyl (C=O) groups excluding carboxylic acids is 1. The van der Waals surface area contributed by atoms with Gasteiger partial charge in [0.1, 0.15) is 10.9 Å². The summed E-state index contributed by atoms with van der Waals surface area (Å²) in [5.74, 6) is -0.533. The fourth-order valence-electron chi connectivity index (χ4n) is 0.637. The van der Waals surface area contributed by atoms with Gasteiger partial charge in [-0.3, -0.25) is 4.79 Å². The minimum absolute atomic E-state index is 0.360. The number of nitriles is 1. The van der Waals surface area contributed by atoms with Crippen LogP contribution in [-0.2, 0) is 0 Å². The Hall–Kier alpha value is -0.380. The van der Waals surface area contributed by atoms with Crippen molar-refractivity contribution in [1.82, 2.24) is 0 Å². The molecule has 0 atom stereocenters. The van der Waals surface area contributed by atoms with Gasteiger partial charge in [-0.2, -0.15) is 5.26 Å². The van der Waals surface area contributed by atoms with E-state index in [0.29, 0.717) is 18.7 Å². The van der Waals surface area contributed by atoms with Crippen LogP contribution in [-0.4, -0.2) is 5.91 Å². The van der Waals surface area contributed by atoms with Crippen LogP contribution in [0.5, 0.6) is 0 Å². The first kappa shape index (κ1) is 9.71. The number of hydrogen-bond acceptors (Lipinski definition) is 3. The fourth-order valence-corrected chi connectivity index (χ4v) is 3.25. The van der Waals surface area contributed by atoms with Gasteiger partial charge in [-0.15, -0.1) is 11.3 Å². The normalized spacial score (nSPS) is 9.42. The standard InChI is InChI=1S/C6H2Br2N2OS/c7-3-2(1-9)5(8)12-4(3)6(10)11/h(H2,10,11). The third-order valence-electron chi connectivity index (χ3n) is 1.14. The molecule has 6 heteroatoms. The lowest BCUT2D eigenvalue weighted by Gasteiger charge is -1.87. The first-order chi connectivity index (χ1) is 5.57. The highest BCUT2D eigenvalue weighted by Crippen LogP contribution is 2.35. The summed E-state index contributed by atoms with van der Waals surface area (Å²) >= 11 is 7.42. The first-order valence-electron chi connectivity index (χ1n) is 2.75. The average molecular weight is 310 g/mol. The van der Waals surface area contributed by atoms with Gasteiger partial charge in [-0.05, 0) is 31.9 Å². The molecule has 0 aromatic carbocycles. The van der Waals surface area contributed by atoms with Crippen LogP contribution in [0.25, 0.3) is 0 Å². The Morgan fingerprint density at radius 2 is 2.17 bits per heavy atom. The number of rotatable bonds is 1. The van der Waals surface area contributed by atoms with Crippen molar-refractivity contribution in [1.29, 1.82) is 5.26 Å². The van der Waals surface area contributed by atoms with Gasteiger partial charge >= 0.3 is 0 Å². The van der Waals surface area contributed by atoms with Crippen LogP contribution < -0.4 is 5.73 Å². The number of primary amides is 1. The van der Waals surface area contributed by atoms with Crippen LogP contribution in [0.15, 0.2) is 8.26 Å². The second kappa shape index (κ2) is 3.56. The maximum absolute atomic E-state index is 10.8. The molecule has 1 rings (SSSR count). The quantitative estimate of drug-likeness (QED) is 0.864. The number of hydrogen-bond donors (Lipinski definition) is 1. The Balaban J connectivity index is 3.39. The van der Waals surface area contributed by atoms with Gasteiger partial charge in [0.2, 0.25) is 0 Å². The fraction of sp³-hybridized carbons (Fsp3) is 0. The molecular formula is C6H2Br2N2OS. The number of thiophene rings is 1. The van der Waals surface area contributed by atoms with Crippen LogP contribution in [0, 0.1) is 11.3 Å². The van der Waals surface area contributed by atoms with Crippen molar-refractivity contribution in [3.05, 3.63) is 18.7 Å². The highest BCUT2D eigenvalue weighted by Gasteiger charge is 2.17. The third kappa shape index (κ3) is 1.53. The molecule has 62 valence electrons. The van der Waals surface area contributed by atoms with E-state index >= 15 is 0 Å². The van der Waals surface area contributed by atoms with Crippen LogP contribution in [0.4, 0.5) is 0 Å². The molecule has 3 nitrogen and oxygen atoms in total. The molecule has 0 saturated carbocycles. The van der Waals surface area contributed by atoms with Gasteiger partial charge < -0.3 is 5.73 Å². The van der Waals surface area contributed by atoms with Crippen LogP contribution in [0.1, 0.15) is 15.2 Å². The van der Waals surface area contributed by atoms with Crippen molar-refractivity contribution in [2.75, 3.05) is 0 Å². The molecule has 1 amide bonds. The SMILES string of the molecule is N#Cc1c(Br)sc(C(N)=O)c1Br. The van der Waals surface area contributed by atoms with Crippen LogP contribution in [0.3, 0.4) is 0 Å². The first-order valence-corrected chi connectivity index (χ1v) is 5.16. The van der Waals surface area contributed by atoms with Crippen molar-refractivity contribution in [2.45, 2.75) is 0 Å². The molecule has 1 aromatic heterocycles. The molecule has 1 aromatic rings. The van der Waals surface area contributed by atoms with Crippen LogP contribution >= 0.6 is 43.2 Å². The molecular weight excluding hydrogens is 308 g/mol. The topological polar surface area (TPSA) is 66.9 Å². The molecule has 0 bridgehead atoms. The van der Waals surface area contributed by atoms with Gasteiger partial charge in [0.25, 0.3) is 5.91 Å². The zero-order chi connectivity index (χ0) is 9.30. The summed E-state index contributed by atoms with van der Waals surface area (Å²) in [6, 6.07) is 1.95. The van der Waals surface area contributed by atoms with Gasteiger partial charge in [0, 0.05) is 0 Å². The van der Waals surface area contributed by atoms with E-state index in [4.69, 9.17) is 11.0 Å². The zero-order valence-electron chi connectivity index (χ0n) is 5.60. The number of halogens is 2. The highest BCUT2D eigenvalue weighted by molar-refractivity contribution is 9.11. The molecule has 2 N–H and O–H groups in total. The maximum Gasteiger partial charge on any atom is 0.260 e. The van der Waals surface area contributed by atoms with Gasteiger partial charge in [0.05, 0.1) is 13.8 Å². The lowest BCUT2D eigenvalue weighted by Crippen LogP contribution is -2.09. The van der Waals surface area contributed by atoms with E-state index in [9.17, 15) is 4.79 Å². The Labute approximate surface area is 89.4 Å². The van der Waals surface area contributed by atoms with E-state index in [1.54, 1.807) is 0 Å². The third-order valence-corrected chi connectivity index (χ3v) is 4.07. The highest BCUT2D eigenvalue weighted by atomic mass is 79.9. The summed E-state index contributed by atoms with van der Waals surface area (Å²) in [6.45, 7) is 0. The van der Waals surface area contributed by atoms with E-state index in [1.165, 1.54) is 0 Å². The second-order valence-corrected chi connectivity index (χ2v) is 5.00. The summed E-state index contributed by atoms with van der Waals surface area (Å²) in [5, 5.41) is 8.64. The number of nitrogens with two attached hydrogens (primary N) is 1. The Kier molecular flexibility index (Phi) is 2.88. The van der Waals surface area contributed by atoms with Crippen molar-refractivity contribution in [3.8, 4) is 6.07 Å². The predicted molar refractivity (Wildman–Crippen MR) is 53.0 cm³/mol. The molecule has 0 unspecified atom stereocenters. The number of carbonyl (C=O) groups is 1. The van der Waals surface area contributed by atoms with E-state index in [1.807, 2.05) is 6.07 Å². The molecule has 0 fully saturated rings. The zero-order valence-corrected chi connectivity index (χ0v) is 9.59. The van der Waals surface area contributed by atoms with E-state index in [2.05, 4.69) is 31.9 Å². The lowest BCUT2D eigenvalue weighted by molar-refractivity contribution is 0.100. The largest absolute Gasteiger partial charge is 0.365 e. The average Bonchev–Trinajstić information content (AvgIpc) is 2.27. The van der Waals surface area contributed by atoms with E-state index < -0.39 is 5.91 Å². The van der Waals surface area contributed by atoms with Gasteiger partial charge in [-0.1, -0.05) is 0 Å². The smallest absolute Gasteiger partial charge is 0.260 e. The van der Waals surface area contributed by atoms with Crippen molar-refractivity contribution < 1.29 is 4.79 Å². The number of amides is 1. The summed E-state index contributed by atoms with van der Waals surface area (Å²) in [7, 11) is 0. The summed E-state index contributed by atoms with van der Waals surface area (Å²) in [6.07, 6.45) is 0. The van der Waals surface area contributed by atoms with Crippen molar-refractivity contribution in [2.24, 2.45) is 5.73 Å². The summed E-state index contributed by atoms with van der Waals surface area (Å²) in [4.78, 5) is 11.1. The van der Waals surface area contributed by atoms with Crippen LogP contribution in [0.2, 0.25) is 0 Å². The molecule has 0 saturated heterocycles. The van der Waals surface area contributed by atoms with E-state index in [0.717, 1.165) is 11.3 Å². The van der Waals surface area contributed by atoms with E-state index in [-0.39, 0.29) is 0 Å². The lowest BCUT2D eigenvalue weighted by atomic mass is 10.3. The molecule has 0 aliphatic heterocycles. The summed E-state index contributed by atoms with van der Waals surface area (Å²) < 4.78 is 1.08. The van der Waals surface area contributed by atoms with Crippen molar-refractivity contribution in [3.63, 3.8) is 0 Å². The van der Waals surface area contributed by atoms with Gasteiger partial charge in [-0.25, -0.2) is 0 Å². The molecule has 0 aliphatic carbocycles. The minimum atomic E-state index is -0.533. The molecule has 1 heterocycles. The predicted octanol–water partition coefficient (Wildman–Crippen LogP) is 2.24. The Morgan fingerprint density at radius 1 is 1.58 bits per heavy atom. The summed E-state index contributed by atoms with van der Waals surface area (Å²) in [5.41, 5.74) is 5.47.